The van der Waals surface area contributed by atoms with Gasteiger partial charge in [0.15, 0.2) is 0 Å². The second kappa shape index (κ2) is 9.92. The van der Waals surface area contributed by atoms with Gasteiger partial charge in [-0.2, -0.15) is 0 Å². The number of benzene rings is 3. The lowest BCUT2D eigenvalue weighted by Crippen LogP contribution is -2.26. The van der Waals surface area contributed by atoms with Gasteiger partial charge in [0.2, 0.25) is 5.91 Å². The Morgan fingerprint density at radius 3 is 2.31 bits per heavy atom. The van der Waals surface area contributed by atoms with Crippen molar-refractivity contribution in [3.8, 4) is 0 Å². The number of nitrogens with one attached hydrogen (secondary N) is 1. The van der Waals surface area contributed by atoms with E-state index in [1.54, 1.807) is 0 Å². The van der Waals surface area contributed by atoms with Gasteiger partial charge in [-0.25, -0.2) is 17.6 Å². The van der Waals surface area contributed by atoms with E-state index in [9.17, 15) is 27.2 Å². The summed E-state index contributed by atoms with van der Waals surface area (Å²) >= 11 is 18.8. The van der Waals surface area contributed by atoms with Crippen LogP contribution in [0.25, 0.3) is 0 Å². The zero-order chi connectivity index (χ0) is 26.4. The monoisotopic (exact) mass is 558 g/mol. The van der Waals surface area contributed by atoms with Gasteiger partial charge in [0.1, 0.15) is 16.0 Å². The summed E-state index contributed by atoms with van der Waals surface area (Å²) in [7, 11) is 1.48. The highest BCUT2D eigenvalue weighted by molar-refractivity contribution is 6.53. The highest BCUT2D eigenvalue weighted by Gasteiger charge is 2.67. The van der Waals surface area contributed by atoms with Gasteiger partial charge in [-0.3, -0.25) is 9.59 Å². The molecule has 188 valence electrons. The molecular weight excluding hydrogens is 543 g/mol. The van der Waals surface area contributed by atoms with Crippen LogP contribution in [-0.2, 0) is 4.79 Å². The van der Waals surface area contributed by atoms with Crippen LogP contribution in [0.2, 0.25) is 5.02 Å². The average Bonchev–Trinajstić information content (AvgIpc) is 3.41. The Kier molecular flexibility index (Phi) is 7.23. The Hall–Kier alpha value is -2.81. The Morgan fingerprint density at radius 2 is 1.67 bits per heavy atom. The van der Waals surface area contributed by atoms with Crippen molar-refractivity contribution in [2.45, 2.75) is 16.7 Å². The quantitative estimate of drug-likeness (QED) is 0.253. The van der Waals surface area contributed by atoms with Crippen molar-refractivity contribution in [2.75, 3.05) is 17.3 Å². The first kappa shape index (κ1) is 26.3. The van der Waals surface area contributed by atoms with Crippen LogP contribution in [0.5, 0.6) is 0 Å². The highest BCUT2D eigenvalue weighted by atomic mass is 35.5. The van der Waals surface area contributed by atoms with Crippen molar-refractivity contribution in [3.63, 3.8) is 0 Å². The number of hydrogen-bond acceptors (Lipinski definition) is 2. The molecule has 0 heterocycles. The van der Waals surface area contributed by atoms with E-state index in [4.69, 9.17) is 34.8 Å². The van der Waals surface area contributed by atoms with Crippen LogP contribution in [0.4, 0.5) is 28.9 Å². The normalized spacial score (nSPS) is 18.1. The molecule has 0 spiro atoms. The average molecular weight is 560 g/mol. The van der Waals surface area contributed by atoms with E-state index in [1.165, 1.54) is 60.5 Å². The number of amides is 2. The molecule has 0 aromatic heterocycles. The summed E-state index contributed by atoms with van der Waals surface area (Å²) in [6.45, 7) is 0. The molecule has 2 atom stereocenters. The van der Waals surface area contributed by atoms with Gasteiger partial charge in [0.05, 0.1) is 22.1 Å². The van der Waals surface area contributed by atoms with Gasteiger partial charge in [0, 0.05) is 24.3 Å². The fourth-order valence-corrected chi connectivity index (χ4v) is 4.97. The van der Waals surface area contributed by atoms with Gasteiger partial charge < -0.3 is 10.2 Å². The molecule has 1 aliphatic rings. The second-order valence-electron chi connectivity index (χ2n) is 8.24. The Bertz CT molecular complexity index is 1340. The molecule has 0 aliphatic heterocycles. The van der Waals surface area contributed by atoms with Crippen molar-refractivity contribution < 1.29 is 27.2 Å². The maximum absolute atomic E-state index is 13.7. The molecule has 3 aromatic rings. The first-order valence-electron chi connectivity index (χ1n) is 10.5. The molecule has 11 heteroatoms. The number of anilines is 2. The molecule has 0 radical (unpaired) electrons. The maximum Gasteiger partial charge on any atom is 0.266 e. The predicted molar refractivity (Wildman–Crippen MR) is 131 cm³/mol. The van der Waals surface area contributed by atoms with E-state index >= 15 is 0 Å². The Labute approximate surface area is 218 Å². The number of carbonyl (C=O) groups is 2. The highest BCUT2D eigenvalue weighted by Crippen LogP contribution is 2.65. The topological polar surface area (TPSA) is 49.4 Å². The van der Waals surface area contributed by atoms with Gasteiger partial charge in [-0.05, 0) is 60.2 Å². The first-order chi connectivity index (χ1) is 16.9. The molecule has 0 saturated heterocycles. The lowest BCUT2D eigenvalue weighted by Gasteiger charge is -2.18. The summed E-state index contributed by atoms with van der Waals surface area (Å²) < 4.78 is 51.5. The van der Waals surface area contributed by atoms with Crippen LogP contribution < -0.4 is 10.2 Å². The predicted octanol–water partition coefficient (Wildman–Crippen LogP) is 7.36. The van der Waals surface area contributed by atoms with Crippen LogP contribution in [0, 0.1) is 17.6 Å². The summed E-state index contributed by atoms with van der Waals surface area (Å²) in [5.41, 5.74) is 0.0852. The second-order valence-corrected chi connectivity index (χ2v) is 10.1. The van der Waals surface area contributed by atoms with E-state index < -0.39 is 51.6 Å². The standard InChI is InChI=1S/C25H17Cl3F4N2O2/c1-34(15-6-3-13(29)4-7-15)24(36)16-11-14(5-8-18(16)26)33-23(35)21-20(25(21,27)28)12-2-9-19(30)17(10-12)22(31)32/h2-11,20-22H,1H3,(H,33,35). The lowest BCUT2D eigenvalue weighted by molar-refractivity contribution is -0.117. The number of alkyl halides is 4. The van der Waals surface area contributed by atoms with Crippen LogP contribution in [0.15, 0.2) is 60.7 Å². The molecule has 0 bridgehead atoms. The van der Waals surface area contributed by atoms with Crippen LogP contribution in [0.3, 0.4) is 0 Å². The van der Waals surface area contributed by atoms with Crippen molar-refractivity contribution in [1.29, 1.82) is 0 Å². The van der Waals surface area contributed by atoms with E-state index in [0.717, 1.165) is 12.1 Å². The summed E-state index contributed by atoms with van der Waals surface area (Å²) in [5, 5.41) is 2.72. The number of nitrogens with zero attached hydrogens (tertiary/aromatic N) is 1. The first-order valence-corrected chi connectivity index (χ1v) is 11.6. The van der Waals surface area contributed by atoms with Gasteiger partial charge in [0.25, 0.3) is 12.3 Å². The van der Waals surface area contributed by atoms with E-state index in [0.29, 0.717) is 5.69 Å². The minimum absolute atomic E-state index is 0.0664. The van der Waals surface area contributed by atoms with Crippen LogP contribution in [0.1, 0.15) is 33.8 Å². The van der Waals surface area contributed by atoms with Gasteiger partial charge in [-0.15, -0.1) is 23.2 Å². The molecule has 2 unspecified atom stereocenters. The van der Waals surface area contributed by atoms with Crippen molar-refractivity contribution in [1.82, 2.24) is 0 Å². The minimum atomic E-state index is -3.05. The fourth-order valence-electron chi connectivity index (χ4n) is 3.94. The third-order valence-corrected chi connectivity index (χ3v) is 7.20. The largest absolute Gasteiger partial charge is 0.326 e. The molecule has 4 rings (SSSR count). The molecule has 1 saturated carbocycles. The summed E-state index contributed by atoms with van der Waals surface area (Å²) in [6.07, 6.45) is -3.05. The van der Waals surface area contributed by atoms with E-state index in [-0.39, 0.29) is 21.8 Å². The molecular formula is C25H17Cl3F4N2O2. The zero-order valence-corrected chi connectivity index (χ0v) is 20.7. The molecule has 1 N–H and O–H groups in total. The van der Waals surface area contributed by atoms with E-state index in [2.05, 4.69) is 5.32 Å². The third-order valence-electron chi connectivity index (χ3n) is 5.93. The Morgan fingerprint density at radius 1 is 1.00 bits per heavy atom. The Balaban J connectivity index is 1.53. The molecule has 3 aromatic carbocycles. The van der Waals surface area contributed by atoms with Gasteiger partial charge >= 0.3 is 0 Å². The van der Waals surface area contributed by atoms with Crippen molar-refractivity contribution >= 4 is 58.0 Å². The number of carbonyl (C=O) groups excluding carboxylic acids is 2. The van der Waals surface area contributed by atoms with Crippen LogP contribution in [-0.4, -0.2) is 23.2 Å². The maximum atomic E-state index is 13.7. The summed E-state index contributed by atoms with van der Waals surface area (Å²) in [5.74, 6) is -4.54. The van der Waals surface area contributed by atoms with Crippen molar-refractivity contribution in [2.24, 2.45) is 5.92 Å². The SMILES string of the molecule is CN(C(=O)c1cc(NC(=O)C2C(c3ccc(F)c(C(F)F)c3)C2(Cl)Cl)ccc1Cl)c1ccc(F)cc1. The van der Waals surface area contributed by atoms with Crippen LogP contribution >= 0.6 is 34.8 Å². The number of hydrogen-bond donors (Lipinski definition) is 1. The van der Waals surface area contributed by atoms with Crippen molar-refractivity contribution in [3.05, 3.63) is 94.0 Å². The van der Waals surface area contributed by atoms with Gasteiger partial charge in [-0.1, -0.05) is 17.7 Å². The summed E-state index contributed by atoms with van der Waals surface area (Å²) in [4.78, 5) is 27.2. The minimum Gasteiger partial charge on any atom is -0.326 e. The molecule has 2 amide bonds. The molecule has 4 nitrogen and oxygen atoms in total. The number of halogens is 7. The summed E-state index contributed by atoms with van der Waals surface area (Å²) in [6, 6.07) is 12.6. The lowest BCUT2D eigenvalue weighted by atomic mass is 10.0. The molecule has 1 fully saturated rings. The smallest absolute Gasteiger partial charge is 0.266 e. The molecule has 36 heavy (non-hydrogen) atoms. The zero-order valence-electron chi connectivity index (χ0n) is 18.4. The molecule has 1 aliphatic carbocycles. The third kappa shape index (κ3) is 5.03. The fraction of sp³-hybridized carbons (Fsp3) is 0.200. The number of rotatable bonds is 6. The van der Waals surface area contributed by atoms with E-state index in [1.807, 2.05) is 0 Å².